The first-order valence-corrected chi connectivity index (χ1v) is 7.72. The molecule has 0 saturated heterocycles. The van der Waals surface area contributed by atoms with Crippen LogP contribution in [0.4, 0.5) is 0 Å². The van der Waals surface area contributed by atoms with E-state index in [9.17, 15) is 9.59 Å². The zero-order valence-corrected chi connectivity index (χ0v) is 13.0. The molecule has 110 valence electrons. The van der Waals surface area contributed by atoms with Gasteiger partial charge >= 0.3 is 0 Å². The van der Waals surface area contributed by atoms with E-state index in [-0.39, 0.29) is 17.7 Å². The molecule has 0 heterocycles. The van der Waals surface area contributed by atoms with Crippen molar-refractivity contribution in [1.29, 1.82) is 0 Å². The molecule has 4 nitrogen and oxygen atoms in total. The average molecular weight is 294 g/mol. The average Bonchev–Trinajstić information content (AvgIpc) is 2.42. The molecule has 2 N–H and O–H groups in total. The largest absolute Gasteiger partial charge is 0.354 e. The van der Waals surface area contributed by atoms with E-state index in [2.05, 4.69) is 10.6 Å². The molecular formula is C15H22N2O2S. The van der Waals surface area contributed by atoms with Crippen molar-refractivity contribution in [2.45, 2.75) is 25.7 Å². The Bertz CT molecular complexity index is 461. The summed E-state index contributed by atoms with van der Waals surface area (Å²) in [6, 6.07) is 7.99. The Morgan fingerprint density at radius 2 is 1.80 bits per heavy atom. The molecule has 0 spiro atoms. The Morgan fingerprint density at radius 1 is 1.15 bits per heavy atom. The van der Waals surface area contributed by atoms with Gasteiger partial charge in [-0.05, 0) is 18.6 Å². The van der Waals surface area contributed by atoms with Crippen LogP contribution in [0.3, 0.4) is 0 Å². The summed E-state index contributed by atoms with van der Waals surface area (Å²) in [6.07, 6.45) is 0. The van der Waals surface area contributed by atoms with Crippen LogP contribution in [0.5, 0.6) is 0 Å². The highest BCUT2D eigenvalue weighted by Crippen LogP contribution is 2.21. The molecule has 0 fully saturated rings. The Labute approximate surface area is 124 Å². The van der Waals surface area contributed by atoms with Gasteiger partial charge < -0.3 is 10.6 Å². The van der Waals surface area contributed by atoms with E-state index in [1.54, 1.807) is 0 Å². The summed E-state index contributed by atoms with van der Waals surface area (Å²) in [6.45, 7) is 6.64. The second-order valence-corrected chi connectivity index (χ2v) is 5.87. The molecule has 1 aromatic carbocycles. The highest BCUT2D eigenvalue weighted by Gasteiger charge is 2.06. The topological polar surface area (TPSA) is 58.2 Å². The standard InChI is InChI=1S/C15H22N2O2S/c1-11(2)15(19)17-9-8-16-14(18)10-20-13-7-5-4-6-12(13)3/h4-7,11H,8-10H2,1-3H3,(H,16,18)(H,17,19). The molecular weight excluding hydrogens is 272 g/mol. The maximum Gasteiger partial charge on any atom is 0.230 e. The van der Waals surface area contributed by atoms with Crippen LogP contribution in [0.25, 0.3) is 0 Å². The first-order valence-electron chi connectivity index (χ1n) is 6.73. The number of amides is 2. The van der Waals surface area contributed by atoms with Crippen molar-refractivity contribution in [3.05, 3.63) is 29.8 Å². The van der Waals surface area contributed by atoms with E-state index >= 15 is 0 Å². The van der Waals surface area contributed by atoms with E-state index in [1.807, 2.05) is 45.0 Å². The van der Waals surface area contributed by atoms with Crippen molar-refractivity contribution >= 4 is 23.6 Å². The highest BCUT2D eigenvalue weighted by atomic mass is 32.2. The van der Waals surface area contributed by atoms with Gasteiger partial charge in [0.15, 0.2) is 0 Å². The normalized spacial score (nSPS) is 10.4. The molecule has 2 amide bonds. The van der Waals surface area contributed by atoms with Gasteiger partial charge in [0.05, 0.1) is 5.75 Å². The number of hydrogen-bond acceptors (Lipinski definition) is 3. The number of rotatable bonds is 7. The van der Waals surface area contributed by atoms with Crippen LogP contribution in [-0.4, -0.2) is 30.7 Å². The van der Waals surface area contributed by atoms with Crippen molar-refractivity contribution in [3.8, 4) is 0 Å². The monoisotopic (exact) mass is 294 g/mol. The lowest BCUT2D eigenvalue weighted by Gasteiger charge is -2.09. The minimum absolute atomic E-state index is 0.00790. The van der Waals surface area contributed by atoms with Crippen molar-refractivity contribution in [3.63, 3.8) is 0 Å². The Hall–Kier alpha value is -1.49. The zero-order chi connectivity index (χ0) is 15.0. The van der Waals surface area contributed by atoms with Gasteiger partial charge in [0, 0.05) is 23.9 Å². The molecule has 0 radical (unpaired) electrons. The molecule has 0 unspecified atom stereocenters. The van der Waals surface area contributed by atoms with Gasteiger partial charge in [-0.1, -0.05) is 32.0 Å². The fraction of sp³-hybridized carbons (Fsp3) is 0.467. The van der Waals surface area contributed by atoms with E-state index < -0.39 is 0 Å². The second-order valence-electron chi connectivity index (χ2n) is 4.85. The minimum Gasteiger partial charge on any atom is -0.354 e. The van der Waals surface area contributed by atoms with Crippen molar-refractivity contribution in [2.75, 3.05) is 18.8 Å². The molecule has 0 aliphatic heterocycles. The molecule has 0 aromatic heterocycles. The number of carbonyl (C=O) groups excluding carboxylic acids is 2. The fourth-order valence-corrected chi connectivity index (χ4v) is 2.36. The van der Waals surface area contributed by atoms with Gasteiger partial charge in [0.25, 0.3) is 0 Å². The summed E-state index contributed by atoms with van der Waals surface area (Å²) in [5.74, 6) is 0.357. The third-order valence-corrected chi connectivity index (χ3v) is 3.90. The van der Waals surface area contributed by atoms with Gasteiger partial charge in [-0.2, -0.15) is 0 Å². The number of thioether (sulfide) groups is 1. The lowest BCUT2D eigenvalue weighted by molar-refractivity contribution is -0.124. The summed E-state index contributed by atoms with van der Waals surface area (Å²) in [5.41, 5.74) is 1.18. The number of carbonyl (C=O) groups is 2. The third-order valence-electron chi connectivity index (χ3n) is 2.72. The quantitative estimate of drug-likeness (QED) is 0.597. The highest BCUT2D eigenvalue weighted by molar-refractivity contribution is 8.00. The first kappa shape index (κ1) is 16.6. The Morgan fingerprint density at radius 3 is 2.45 bits per heavy atom. The van der Waals surface area contributed by atoms with Crippen LogP contribution in [0, 0.1) is 12.8 Å². The van der Waals surface area contributed by atoms with Crippen LogP contribution >= 0.6 is 11.8 Å². The van der Waals surface area contributed by atoms with Crippen molar-refractivity contribution < 1.29 is 9.59 Å². The van der Waals surface area contributed by atoms with E-state index in [4.69, 9.17) is 0 Å². The predicted molar refractivity (Wildman–Crippen MR) is 82.8 cm³/mol. The summed E-state index contributed by atoms with van der Waals surface area (Å²) in [5, 5.41) is 5.55. The molecule has 5 heteroatoms. The molecule has 0 aliphatic carbocycles. The summed E-state index contributed by atoms with van der Waals surface area (Å²) in [4.78, 5) is 24.1. The lowest BCUT2D eigenvalue weighted by Crippen LogP contribution is -2.36. The van der Waals surface area contributed by atoms with E-state index in [0.717, 1.165) is 4.90 Å². The molecule has 0 atom stereocenters. The van der Waals surface area contributed by atoms with E-state index in [0.29, 0.717) is 18.8 Å². The number of benzene rings is 1. The predicted octanol–water partition coefficient (Wildman–Crippen LogP) is 1.98. The molecule has 20 heavy (non-hydrogen) atoms. The van der Waals surface area contributed by atoms with Crippen molar-refractivity contribution in [2.24, 2.45) is 5.92 Å². The SMILES string of the molecule is Cc1ccccc1SCC(=O)NCCNC(=O)C(C)C. The van der Waals surface area contributed by atoms with Gasteiger partial charge in [-0.15, -0.1) is 11.8 Å². The van der Waals surface area contributed by atoms with Gasteiger partial charge in [0.1, 0.15) is 0 Å². The van der Waals surface area contributed by atoms with Gasteiger partial charge in [0.2, 0.25) is 11.8 Å². The summed E-state index contributed by atoms with van der Waals surface area (Å²) in [7, 11) is 0. The van der Waals surface area contributed by atoms with Gasteiger partial charge in [-0.3, -0.25) is 9.59 Å². The van der Waals surface area contributed by atoms with Gasteiger partial charge in [-0.25, -0.2) is 0 Å². The molecule has 0 bridgehead atoms. The molecule has 1 aromatic rings. The third kappa shape index (κ3) is 6.10. The number of aryl methyl sites for hydroxylation is 1. The minimum atomic E-state index is -0.0256. The second kappa shape index (κ2) is 8.64. The van der Waals surface area contributed by atoms with Crippen molar-refractivity contribution in [1.82, 2.24) is 10.6 Å². The smallest absolute Gasteiger partial charge is 0.230 e. The lowest BCUT2D eigenvalue weighted by atomic mass is 10.2. The molecule has 0 saturated carbocycles. The van der Waals surface area contributed by atoms with E-state index in [1.165, 1.54) is 17.3 Å². The van der Waals surface area contributed by atoms with Crippen LogP contribution < -0.4 is 10.6 Å². The Balaban J connectivity index is 2.18. The summed E-state index contributed by atoms with van der Waals surface area (Å²) < 4.78 is 0. The number of hydrogen-bond donors (Lipinski definition) is 2. The number of nitrogens with one attached hydrogen (secondary N) is 2. The van der Waals surface area contributed by atoms with Crippen LogP contribution in [0.2, 0.25) is 0 Å². The van der Waals surface area contributed by atoms with Crippen LogP contribution in [-0.2, 0) is 9.59 Å². The maximum absolute atomic E-state index is 11.7. The van der Waals surface area contributed by atoms with Crippen LogP contribution in [0.15, 0.2) is 29.2 Å². The first-order chi connectivity index (χ1) is 9.50. The fourth-order valence-electron chi connectivity index (χ4n) is 1.50. The molecule has 0 aliphatic rings. The van der Waals surface area contributed by atoms with Crippen LogP contribution in [0.1, 0.15) is 19.4 Å². The zero-order valence-electron chi connectivity index (χ0n) is 12.2. The summed E-state index contributed by atoms with van der Waals surface area (Å²) >= 11 is 1.52. The Kier molecular flexibility index (Phi) is 7.15. The maximum atomic E-state index is 11.7. The molecule has 1 rings (SSSR count).